The maximum absolute atomic E-state index is 12.7. The van der Waals surface area contributed by atoms with E-state index in [0.717, 1.165) is 31.4 Å². The van der Waals surface area contributed by atoms with E-state index < -0.39 is 47.8 Å². The molecule has 160 valence electrons. The zero-order valence-corrected chi connectivity index (χ0v) is 17.8. The maximum atomic E-state index is 12.7. The lowest BCUT2D eigenvalue weighted by molar-refractivity contribution is -0.0429. The van der Waals surface area contributed by atoms with Crippen LogP contribution >= 0.6 is 34.5 Å². The molecule has 2 rings (SSSR count). The number of esters is 1. The van der Waals surface area contributed by atoms with Crippen molar-refractivity contribution in [1.29, 1.82) is 0 Å². The summed E-state index contributed by atoms with van der Waals surface area (Å²) in [6.07, 6.45) is 0. The van der Waals surface area contributed by atoms with Crippen molar-refractivity contribution in [2.24, 2.45) is 0 Å². The van der Waals surface area contributed by atoms with Crippen molar-refractivity contribution in [2.45, 2.75) is 10.4 Å². The number of benzene rings is 1. The Morgan fingerprint density at radius 2 is 1.69 bits per heavy atom. The van der Waals surface area contributed by atoms with Crippen LogP contribution in [0.3, 0.4) is 0 Å². The van der Waals surface area contributed by atoms with Gasteiger partial charge in [0.1, 0.15) is 9.23 Å². The van der Waals surface area contributed by atoms with Crippen LogP contribution in [0.15, 0.2) is 29.2 Å². The van der Waals surface area contributed by atoms with E-state index in [2.05, 4.69) is 4.74 Å². The predicted molar refractivity (Wildman–Crippen MR) is 102 cm³/mol. The molecule has 0 amide bonds. The molecule has 0 radical (unpaired) electrons. The molecule has 1 aromatic carbocycles. The zero-order chi connectivity index (χ0) is 22.2. The van der Waals surface area contributed by atoms with Crippen molar-refractivity contribution in [3.05, 3.63) is 38.5 Å². The quantitative estimate of drug-likeness (QED) is 0.566. The number of anilines is 2. The number of carbonyl (C=O) groups excluding carboxylic acids is 1. The van der Waals surface area contributed by atoms with Crippen LogP contribution in [-0.4, -0.2) is 35.4 Å². The largest absolute Gasteiger partial charge is 0.516 e. The van der Waals surface area contributed by atoms with Crippen LogP contribution in [-0.2, 0) is 24.8 Å². The summed E-state index contributed by atoms with van der Waals surface area (Å²) in [6, 6.07) is 3.47. The third-order valence-electron chi connectivity index (χ3n) is 3.15. The van der Waals surface area contributed by atoms with Gasteiger partial charge in [-0.2, -0.15) is 21.6 Å². The number of sulfonamides is 2. The summed E-state index contributed by atoms with van der Waals surface area (Å²) in [4.78, 5) is 11.2. The van der Waals surface area contributed by atoms with Gasteiger partial charge in [0.15, 0.2) is 0 Å². The average Bonchev–Trinajstić information content (AvgIpc) is 2.93. The number of halogens is 5. The van der Waals surface area contributed by atoms with Crippen molar-refractivity contribution in [1.82, 2.24) is 0 Å². The first-order chi connectivity index (χ1) is 13.2. The fraction of sp³-hybridized carbons (Fsp3) is 0.154. The zero-order valence-electron chi connectivity index (χ0n) is 13.9. The predicted octanol–water partition coefficient (Wildman–Crippen LogP) is 3.90. The lowest BCUT2D eigenvalue weighted by Gasteiger charge is -2.16. The van der Waals surface area contributed by atoms with E-state index in [-0.39, 0.29) is 14.2 Å². The number of methoxy groups -OCH3 is 1. The molecule has 2 aromatic rings. The van der Waals surface area contributed by atoms with Gasteiger partial charge < -0.3 is 4.74 Å². The Morgan fingerprint density at radius 3 is 2.17 bits per heavy atom. The van der Waals surface area contributed by atoms with Gasteiger partial charge in [-0.05, 0) is 24.3 Å². The van der Waals surface area contributed by atoms with E-state index in [1.54, 1.807) is 0 Å². The number of ether oxygens (including phenoxy) is 1. The van der Waals surface area contributed by atoms with Crippen LogP contribution in [0.5, 0.6) is 0 Å². The molecule has 0 saturated heterocycles. The van der Waals surface area contributed by atoms with Crippen LogP contribution in [0, 0.1) is 0 Å². The summed E-state index contributed by atoms with van der Waals surface area (Å²) in [5.41, 5.74) is -7.42. The van der Waals surface area contributed by atoms with Crippen molar-refractivity contribution in [3.63, 3.8) is 0 Å². The summed E-state index contributed by atoms with van der Waals surface area (Å²) < 4.78 is 93.2. The Bertz CT molecular complexity index is 1160. The smallest absolute Gasteiger partial charge is 0.465 e. The Kier molecular flexibility index (Phi) is 6.64. The van der Waals surface area contributed by atoms with Gasteiger partial charge in [-0.15, -0.1) is 11.3 Å². The molecule has 8 nitrogen and oxygen atoms in total. The van der Waals surface area contributed by atoms with Gasteiger partial charge in [-0.3, -0.25) is 9.44 Å². The third-order valence-corrected chi connectivity index (χ3v) is 7.37. The molecule has 1 aromatic heterocycles. The van der Waals surface area contributed by atoms with Gasteiger partial charge >= 0.3 is 21.5 Å². The number of nitrogens with one attached hydrogen (secondary N) is 2. The molecule has 0 atom stereocenters. The minimum atomic E-state index is -5.88. The molecule has 0 unspecified atom stereocenters. The molecule has 0 bridgehead atoms. The number of thiophene rings is 1. The average molecular weight is 513 g/mol. The van der Waals surface area contributed by atoms with Gasteiger partial charge in [0, 0.05) is 0 Å². The van der Waals surface area contributed by atoms with Crippen LogP contribution in [0.25, 0.3) is 0 Å². The standard InChI is InChI=1S/C13H9Cl2F3N2O6S3/c1-26-12(21)6-2-3-7(20-29(24,25)13(16,17)18)8(4-6)19-28(22,23)9-5-10(14)27-11(9)15/h2-5,19-20H,1H3. The second-order valence-electron chi connectivity index (χ2n) is 5.10. The molecule has 0 aliphatic heterocycles. The summed E-state index contributed by atoms with van der Waals surface area (Å²) in [5.74, 6) is -0.952. The first-order valence-electron chi connectivity index (χ1n) is 6.97. The number of hydrogen-bond acceptors (Lipinski definition) is 7. The fourth-order valence-electron chi connectivity index (χ4n) is 1.87. The van der Waals surface area contributed by atoms with Crippen LogP contribution in [0.4, 0.5) is 24.5 Å². The first kappa shape index (κ1) is 23.5. The lowest BCUT2D eigenvalue weighted by Crippen LogP contribution is -2.30. The number of hydrogen-bond donors (Lipinski definition) is 2. The topological polar surface area (TPSA) is 119 Å². The highest BCUT2D eigenvalue weighted by Crippen LogP contribution is 2.37. The van der Waals surface area contributed by atoms with Crippen LogP contribution < -0.4 is 9.44 Å². The Balaban J connectivity index is 2.57. The lowest BCUT2D eigenvalue weighted by atomic mass is 10.2. The van der Waals surface area contributed by atoms with E-state index in [9.17, 15) is 34.8 Å². The Hall–Kier alpha value is -1.74. The minimum Gasteiger partial charge on any atom is -0.465 e. The van der Waals surface area contributed by atoms with E-state index in [4.69, 9.17) is 23.2 Å². The van der Waals surface area contributed by atoms with Gasteiger partial charge in [0.05, 0.1) is 28.4 Å². The highest BCUT2D eigenvalue weighted by molar-refractivity contribution is 7.93. The highest BCUT2D eigenvalue weighted by Gasteiger charge is 2.46. The van der Waals surface area contributed by atoms with Gasteiger partial charge in [0.2, 0.25) is 0 Å². The van der Waals surface area contributed by atoms with E-state index in [1.807, 2.05) is 4.72 Å². The van der Waals surface area contributed by atoms with Gasteiger partial charge in [-0.25, -0.2) is 13.2 Å². The summed E-state index contributed by atoms with van der Waals surface area (Å²) in [5, 5.41) is 0. The number of carbonyl (C=O) groups is 1. The monoisotopic (exact) mass is 512 g/mol. The molecule has 0 fully saturated rings. The molecule has 2 N–H and O–H groups in total. The normalized spacial score (nSPS) is 12.5. The summed E-state index contributed by atoms with van der Waals surface area (Å²) in [7, 11) is -9.38. The maximum Gasteiger partial charge on any atom is 0.516 e. The minimum absolute atomic E-state index is 0.0108. The van der Waals surface area contributed by atoms with Crippen LogP contribution in [0.2, 0.25) is 8.67 Å². The SMILES string of the molecule is COC(=O)c1ccc(NS(=O)(=O)C(F)(F)F)c(NS(=O)(=O)c2cc(Cl)sc2Cl)c1. The fourth-order valence-corrected chi connectivity index (χ4v) is 5.68. The van der Waals surface area contributed by atoms with Gasteiger partial charge in [-0.1, -0.05) is 23.2 Å². The molecule has 0 aliphatic rings. The number of rotatable bonds is 6. The van der Waals surface area contributed by atoms with E-state index in [0.29, 0.717) is 11.3 Å². The van der Waals surface area contributed by atoms with Crippen molar-refractivity contribution in [3.8, 4) is 0 Å². The molecule has 1 heterocycles. The highest BCUT2D eigenvalue weighted by atomic mass is 35.5. The molecule has 0 aliphatic carbocycles. The van der Waals surface area contributed by atoms with Crippen molar-refractivity contribution >= 4 is 71.9 Å². The molecule has 16 heteroatoms. The molecular formula is C13H9Cl2F3N2O6S3. The second-order valence-corrected chi connectivity index (χ2v) is 10.7. The molecule has 0 saturated carbocycles. The van der Waals surface area contributed by atoms with Crippen molar-refractivity contribution < 1.29 is 39.5 Å². The van der Waals surface area contributed by atoms with Crippen molar-refractivity contribution in [2.75, 3.05) is 16.6 Å². The first-order valence-corrected chi connectivity index (χ1v) is 11.5. The summed E-state index contributed by atoms with van der Waals surface area (Å²) in [6.45, 7) is 0. The molecular weight excluding hydrogens is 504 g/mol. The van der Waals surface area contributed by atoms with Gasteiger partial charge in [0.25, 0.3) is 10.0 Å². The Morgan fingerprint density at radius 1 is 1.07 bits per heavy atom. The number of alkyl halides is 3. The molecule has 29 heavy (non-hydrogen) atoms. The second kappa shape index (κ2) is 8.18. The third kappa shape index (κ3) is 5.25. The summed E-state index contributed by atoms with van der Waals surface area (Å²) >= 11 is 12.2. The van der Waals surface area contributed by atoms with Crippen LogP contribution in [0.1, 0.15) is 10.4 Å². The van der Waals surface area contributed by atoms with E-state index >= 15 is 0 Å². The Labute approximate surface area is 176 Å². The molecule has 0 spiro atoms. The van der Waals surface area contributed by atoms with E-state index in [1.165, 1.54) is 4.72 Å².